The molecule has 240 valence electrons. The lowest BCUT2D eigenvalue weighted by Gasteiger charge is -2.22. The zero-order valence-electron chi connectivity index (χ0n) is 27.2. The first-order valence-corrected chi connectivity index (χ1v) is 18.7. The minimum absolute atomic E-state index is 0.349. The van der Waals surface area contributed by atoms with Crippen molar-refractivity contribution in [2.45, 2.75) is 6.17 Å². The van der Waals surface area contributed by atoms with E-state index in [1.54, 1.807) is 0 Å². The van der Waals surface area contributed by atoms with Crippen molar-refractivity contribution in [2.24, 2.45) is 9.98 Å². The summed E-state index contributed by atoms with van der Waals surface area (Å²) >= 11 is 3.75. The maximum Gasteiger partial charge on any atom is 0.169 e. The highest BCUT2D eigenvalue weighted by atomic mass is 32.1. The first-order valence-electron chi connectivity index (χ1n) is 17.1. The van der Waals surface area contributed by atoms with Crippen molar-refractivity contribution in [1.29, 1.82) is 0 Å². The molecule has 0 radical (unpaired) electrons. The third kappa shape index (κ3) is 4.50. The number of thiophene rings is 2. The molecule has 0 saturated carbocycles. The topological polar surface area (TPSA) is 41.7 Å². The van der Waals surface area contributed by atoms with Gasteiger partial charge in [0.1, 0.15) is 11.7 Å². The van der Waals surface area contributed by atoms with Gasteiger partial charge in [-0.2, -0.15) is 0 Å². The van der Waals surface area contributed by atoms with Crippen LogP contribution in [-0.2, 0) is 0 Å². The highest BCUT2D eigenvalue weighted by Crippen LogP contribution is 2.45. The van der Waals surface area contributed by atoms with E-state index in [0.29, 0.717) is 0 Å². The van der Waals surface area contributed by atoms with E-state index in [-0.39, 0.29) is 6.17 Å². The molecule has 0 amide bonds. The largest absolute Gasteiger partial charge is 0.324 e. The third-order valence-corrected chi connectivity index (χ3v) is 12.4. The summed E-state index contributed by atoms with van der Waals surface area (Å²) in [7, 11) is 0. The minimum atomic E-state index is -0.349. The Bertz CT molecular complexity index is 2950. The predicted molar refractivity (Wildman–Crippen MR) is 218 cm³/mol. The summed E-state index contributed by atoms with van der Waals surface area (Å²) in [6.45, 7) is 0. The van der Waals surface area contributed by atoms with Crippen molar-refractivity contribution in [3.63, 3.8) is 0 Å². The number of aromatic nitrogens is 1. The lowest BCUT2D eigenvalue weighted by molar-refractivity contribution is 0.757. The average molecular weight is 689 g/mol. The lowest BCUT2D eigenvalue weighted by Crippen LogP contribution is -2.35. The second-order valence-electron chi connectivity index (χ2n) is 13.0. The van der Waals surface area contributed by atoms with Crippen LogP contribution in [0.2, 0.25) is 0 Å². The Balaban J connectivity index is 1.05. The van der Waals surface area contributed by atoms with Crippen LogP contribution in [0.3, 0.4) is 0 Å². The van der Waals surface area contributed by atoms with E-state index in [4.69, 9.17) is 9.98 Å². The molecular weight excluding hydrogens is 661 g/mol. The molecule has 7 aromatic carbocycles. The van der Waals surface area contributed by atoms with Gasteiger partial charge in [-0.15, -0.1) is 22.7 Å². The van der Waals surface area contributed by atoms with Crippen LogP contribution in [0.1, 0.15) is 22.9 Å². The number of rotatable bonds is 4. The van der Waals surface area contributed by atoms with Crippen molar-refractivity contribution >= 4 is 96.5 Å². The van der Waals surface area contributed by atoms with E-state index >= 15 is 0 Å². The van der Waals surface area contributed by atoms with Gasteiger partial charge in [0, 0.05) is 57.5 Å². The molecule has 1 aliphatic rings. The van der Waals surface area contributed by atoms with Crippen LogP contribution in [0, 0.1) is 0 Å². The first kappa shape index (κ1) is 28.7. The van der Waals surface area contributed by atoms with Crippen molar-refractivity contribution in [3.8, 4) is 5.69 Å². The quantitative estimate of drug-likeness (QED) is 0.196. The van der Waals surface area contributed by atoms with Gasteiger partial charge < -0.3 is 9.88 Å². The first-order chi connectivity index (χ1) is 25.3. The number of nitrogens with zero attached hydrogens (tertiary/aromatic N) is 3. The van der Waals surface area contributed by atoms with Crippen LogP contribution in [0.4, 0.5) is 0 Å². The van der Waals surface area contributed by atoms with Crippen molar-refractivity contribution in [1.82, 2.24) is 9.88 Å². The fourth-order valence-corrected chi connectivity index (χ4v) is 10.1. The molecule has 3 aromatic heterocycles. The van der Waals surface area contributed by atoms with E-state index in [0.717, 1.165) is 28.4 Å². The number of fused-ring (bicyclic) bond motifs is 9. The fraction of sp³-hybridized carbons (Fsp3) is 0.0222. The molecule has 6 heteroatoms. The number of hydrogen-bond donors (Lipinski definition) is 1. The number of aliphatic imine (C=N–C) groups is 2. The van der Waals surface area contributed by atoms with Crippen LogP contribution in [0.5, 0.6) is 0 Å². The summed E-state index contributed by atoms with van der Waals surface area (Å²) in [4.78, 5) is 10.2. The highest BCUT2D eigenvalue weighted by Gasteiger charge is 2.22. The van der Waals surface area contributed by atoms with Gasteiger partial charge in [-0.05, 0) is 42.0 Å². The maximum absolute atomic E-state index is 5.12. The molecular formula is C45H28N4S2. The molecule has 0 aliphatic carbocycles. The normalized spacial score (nSPS) is 13.8. The standard InChI is InChI=1S/C45H28N4S2/c1-3-12-27(13-4-1)43-46-44(28-14-5-2-6-15-28)48-45(47-43)29-22-23-32-34-25-41-35(26-40(34)50-39(32)24-29)33-18-11-21-38(42(33)51-41)49-36-19-9-7-16-30(36)31-17-8-10-20-37(31)49/h1-26,45H,(H,46,47,48). The molecule has 1 aliphatic heterocycles. The van der Waals surface area contributed by atoms with E-state index in [9.17, 15) is 0 Å². The van der Waals surface area contributed by atoms with E-state index in [2.05, 4.69) is 131 Å². The van der Waals surface area contributed by atoms with Crippen LogP contribution in [-0.4, -0.2) is 16.2 Å². The number of nitrogens with one attached hydrogen (secondary N) is 1. The summed E-state index contributed by atoms with van der Waals surface area (Å²) in [6.07, 6.45) is -0.349. The molecule has 51 heavy (non-hydrogen) atoms. The lowest BCUT2D eigenvalue weighted by atomic mass is 10.1. The summed E-state index contributed by atoms with van der Waals surface area (Å²) in [5.41, 5.74) is 6.88. The van der Waals surface area contributed by atoms with Gasteiger partial charge in [-0.1, -0.05) is 121 Å². The zero-order chi connectivity index (χ0) is 33.5. The van der Waals surface area contributed by atoms with E-state index in [1.807, 2.05) is 59.1 Å². The number of benzene rings is 7. The van der Waals surface area contributed by atoms with Gasteiger partial charge in [-0.25, -0.2) is 9.98 Å². The Morgan fingerprint density at radius 3 is 1.67 bits per heavy atom. The SMILES string of the molecule is c1ccc(C2=NC(c3ccc4c(c3)sc3cc5c(cc34)sc3c(-n4c6ccccc6c6ccccc64)cccc35)N=C(c3ccccc3)N2)cc1. The Kier molecular flexibility index (Phi) is 6.32. The predicted octanol–water partition coefficient (Wildman–Crippen LogP) is 12.0. The van der Waals surface area contributed by atoms with E-state index < -0.39 is 0 Å². The van der Waals surface area contributed by atoms with Gasteiger partial charge >= 0.3 is 0 Å². The number of amidine groups is 2. The second-order valence-corrected chi connectivity index (χ2v) is 15.1. The average Bonchev–Trinajstić information content (AvgIpc) is 3.86. The van der Waals surface area contributed by atoms with Gasteiger partial charge in [0.25, 0.3) is 0 Å². The van der Waals surface area contributed by atoms with E-state index in [1.165, 1.54) is 67.8 Å². The summed E-state index contributed by atoms with van der Waals surface area (Å²) in [6, 6.07) is 56.5. The van der Waals surface area contributed by atoms with Crippen LogP contribution >= 0.6 is 22.7 Å². The summed E-state index contributed by atoms with van der Waals surface area (Å²) in [5, 5.41) is 11.3. The number of hydrogen-bond acceptors (Lipinski definition) is 5. The maximum atomic E-state index is 5.12. The second kappa shape index (κ2) is 11.2. The van der Waals surface area contributed by atoms with Gasteiger partial charge in [0.15, 0.2) is 6.17 Å². The molecule has 0 saturated heterocycles. The highest BCUT2D eigenvalue weighted by molar-refractivity contribution is 7.27. The molecule has 4 nitrogen and oxygen atoms in total. The molecule has 0 fully saturated rings. The Hall–Kier alpha value is -6.08. The molecule has 0 unspecified atom stereocenters. The molecule has 11 rings (SSSR count). The molecule has 10 aromatic rings. The Morgan fingerprint density at radius 1 is 0.451 bits per heavy atom. The minimum Gasteiger partial charge on any atom is -0.324 e. The monoisotopic (exact) mass is 688 g/mol. The molecule has 4 heterocycles. The van der Waals surface area contributed by atoms with Crippen molar-refractivity contribution in [3.05, 3.63) is 174 Å². The molecule has 1 N–H and O–H groups in total. The fourth-order valence-electron chi connectivity index (χ4n) is 7.67. The Morgan fingerprint density at radius 2 is 1.00 bits per heavy atom. The van der Waals surface area contributed by atoms with Crippen molar-refractivity contribution in [2.75, 3.05) is 0 Å². The Labute approximate surface area is 301 Å². The van der Waals surface area contributed by atoms with Gasteiger partial charge in [0.05, 0.1) is 21.4 Å². The third-order valence-electron chi connectivity index (χ3n) is 10.0. The van der Waals surface area contributed by atoms with Crippen molar-refractivity contribution < 1.29 is 0 Å². The van der Waals surface area contributed by atoms with Gasteiger partial charge in [0.2, 0.25) is 0 Å². The molecule has 0 spiro atoms. The summed E-state index contributed by atoms with van der Waals surface area (Å²) < 4.78 is 7.61. The molecule has 0 bridgehead atoms. The number of para-hydroxylation sites is 2. The molecule has 0 atom stereocenters. The zero-order valence-corrected chi connectivity index (χ0v) is 28.9. The van der Waals surface area contributed by atoms with Crippen LogP contribution < -0.4 is 5.32 Å². The van der Waals surface area contributed by atoms with Gasteiger partial charge in [-0.3, -0.25) is 0 Å². The smallest absolute Gasteiger partial charge is 0.169 e. The summed E-state index contributed by atoms with van der Waals surface area (Å²) in [5.74, 6) is 1.66. The van der Waals surface area contributed by atoms with Crippen LogP contribution in [0.25, 0.3) is 67.8 Å². The van der Waals surface area contributed by atoms with Crippen LogP contribution in [0.15, 0.2) is 168 Å².